The van der Waals surface area contributed by atoms with Crippen LogP contribution in [-0.2, 0) is 0 Å². The van der Waals surface area contributed by atoms with Crippen molar-refractivity contribution in [2.24, 2.45) is 0 Å². The second kappa shape index (κ2) is 2.27. The third-order valence-corrected chi connectivity index (χ3v) is 1.82. The number of oxazole rings is 1. The van der Waals surface area contributed by atoms with E-state index < -0.39 is 0 Å². The molecule has 2 aromatic heterocycles. The molecule has 2 rings (SSSR count). The quantitative estimate of drug-likeness (QED) is 0.622. The molecule has 1 radical (unpaired) electrons. The highest BCUT2D eigenvalue weighted by Crippen LogP contribution is 2.18. The fourth-order valence-electron chi connectivity index (χ4n) is 0.718. The molecule has 0 unspecified atom stereocenters. The molecule has 2 nitrogen and oxygen atoms in total. The average Bonchev–Trinajstić information content (AvgIpc) is 2.59. The van der Waals surface area contributed by atoms with E-state index in [1.54, 1.807) is 6.26 Å². The summed E-state index contributed by atoms with van der Waals surface area (Å²) in [6.45, 7) is 0. The Morgan fingerprint density at radius 3 is 3.20 bits per heavy atom. The minimum absolute atomic E-state index is 0.873. The molecule has 0 bridgehead atoms. The lowest BCUT2D eigenvalue weighted by Gasteiger charge is -1.82. The number of hydrogen-bond acceptors (Lipinski definition) is 3. The summed E-state index contributed by atoms with van der Waals surface area (Å²) in [4.78, 5) is 3.98. The van der Waals surface area contributed by atoms with E-state index in [9.17, 15) is 0 Å². The topological polar surface area (TPSA) is 26.0 Å². The van der Waals surface area contributed by atoms with Gasteiger partial charge in [0, 0.05) is 16.3 Å². The van der Waals surface area contributed by atoms with E-state index >= 15 is 0 Å². The van der Waals surface area contributed by atoms with Crippen molar-refractivity contribution in [1.29, 1.82) is 0 Å². The first-order chi connectivity index (χ1) is 4.97. The molecule has 0 spiro atoms. The molecule has 49 valence electrons. The molecule has 3 heteroatoms. The van der Waals surface area contributed by atoms with Crippen LogP contribution < -0.4 is 0 Å². The lowest BCUT2D eigenvalue weighted by atomic mass is 10.3. The van der Waals surface area contributed by atoms with Gasteiger partial charge in [-0.05, 0) is 6.07 Å². The van der Waals surface area contributed by atoms with Crippen LogP contribution in [0.3, 0.4) is 0 Å². The first-order valence-electron chi connectivity index (χ1n) is 2.80. The molecule has 0 aliphatic carbocycles. The molecule has 2 heterocycles. The fourth-order valence-corrected chi connectivity index (χ4v) is 1.30. The molecule has 0 aliphatic heterocycles. The van der Waals surface area contributed by atoms with E-state index in [2.05, 4.69) is 10.4 Å². The van der Waals surface area contributed by atoms with Gasteiger partial charge in [0.15, 0.2) is 6.39 Å². The van der Waals surface area contributed by atoms with Crippen LogP contribution in [0.2, 0.25) is 0 Å². The molecule has 0 aromatic carbocycles. The highest BCUT2D eigenvalue weighted by atomic mass is 32.1. The lowest BCUT2D eigenvalue weighted by Crippen LogP contribution is -1.67. The van der Waals surface area contributed by atoms with Gasteiger partial charge in [0.25, 0.3) is 0 Å². The Kier molecular flexibility index (Phi) is 1.29. The predicted octanol–water partition coefficient (Wildman–Crippen LogP) is 2.20. The van der Waals surface area contributed by atoms with E-state index in [1.165, 1.54) is 17.7 Å². The van der Waals surface area contributed by atoms with Crippen LogP contribution in [0.15, 0.2) is 28.5 Å². The Hall–Kier alpha value is -1.09. The third kappa shape index (κ3) is 0.844. The first kappa shape index (κ1) is 5.68. The van der Waals surface area contributed by atoms with Crippen LogP contribution in [-0.4, -0.2) is 4.98 Å². The van der Waals surface area contributed by atoms with Gasteiger partial charge in [-0.2, -0.15) is 0 Å². The summed E-state index contributed by atoms with van der Waals surface area (Å²) in [5.41, 5.74) is 1.94. The summed E-state index contributed by atoms with van der Waals surface area (Å²) in [6.07, 6.45) is 3.04. The Morgan fingerprint density at radius 2 is 2.60 bits per heavy atom. The van der Waals surface area contributed by atoms with Crippen molar-refractivity contribution < 1.29 is 4.42 Å². The molecule has 0 aliphatic rings. The normalized spacial score (nSPS) is 10.0. The number of thiophene rings is 1. The summed E-state index contributed by atoms with van der Waals surface area (Å²) >= 11 is 1.53. The molecule has 0 saturated heterocycles. The molecule has 10 heavy (non-hydrogen) atoms. The zero-order chi connectivity index (χ0) is 6.81. The fraction of sp³-hybridized carbons (Fsp3) is 0. The van der Waals surface area contributed by atoms with Crippen LogP contribution in [0.4, 0.5) is 0 Å². The van der Waals surface area contributed by atoms with Crippen LogP contribution in [0.5, 0.6) is 0 Å². The van der Waals surface area contributed by atoms with Crippen LogP contribution in [0.1, 0.15) is 0 Å². The Balaban J connectivity index is 2.48. The van der Waals surface area contributed by atoms with Gasteiger partial charge in [-0.1, -0.05) is 0 Å². The Bertz CT molecular complexity index is 253. The van der Waals surface area contributed by atoms with Gasteiger partial charge < -0.3 is 4.42 Å². The van der Waals surface area contributed by atoms with Crippen molar-refractivity contribution in [3.05, 3.63) is 29.5 Å². The van der Waals surface area contributed by atoms with Gasteiger partial charge in [-0.3, -0.25) is 0 Å². The lowest BCUT2D eigenvalue weighted by molar-refractivity contribution is 0.558. The smallest absolute Gasteiger partial charge is 0.181 e. The number of aromatic nitrogens is 1. The van der Waals surface area contributed by atoms with Gasteiger partial charge in [-0.15, -0.1) is 11.3 Å². The van der Waals surface area contributed by atoms with Crippen LogP contribution in [0, 0.1) is 5.38 Å². The van der Waals surface area contributed by atoms with Crippen molar-refractivity contribution >= 4 is 11.3 Å². The van der Waals surface area contributed by atoms with Crippen molar-refractivity contribution in [3.63, 3.8) is 0 Å². The molecule has 0 N–H and O–H groups in total. The van der Waals surface area contributed by atoms with Crippen molar-refractivity contribution in [1.82, 2.24) is 4.98 Å². The SMILES string of the molecule is [c]1cc(-c2cocn2)cs1. The summed E-state index contributed by atoms with van der Waals surface area (Å²) in [7, 11) is 0. The number of nitrogens with zero attached hydrogens (tertiary/aromatic N) is 1. The first-order valence-corrected chi connectivity index (χ1v) is 3.68. The molecule has 0 amide bonds. The second-order valence-electron chi connectivity index (χ2n) is 1.83. The van der Waals surface area contributed by atoms with Crippen molar-refractivity contribution in [2.75, 3.05) is 0 Å². The minimum Gasteiger partial charge on any atom is -0.451 e. The van der Waals surface area contributed by atoms with Crippen LogP contribution in [0.25, 0.3) is 11.3 Å². The second-order valence-corrected chi connectivity index (χ2v) is 2.53. The van der Waals surface area contributed by atoms with Gasteiger partial charge in [0.1, 0.15) is 12.0 Å². The molecule has 0 atom stereocenters. The summed E-state index contributed by atoms with van der Waals surface area (Å²) < 4.78 is 4.82. The Labute approximate surface area is 62.1 Å². The number of rotatable bonds is 1. The molecule has 0 saturated carbocycles. The van der Waals surface area contributed by atoms with E-state index in [0.29, 0.717) is 0 Å². The van der Waals surface area contributed by atoms with Crippen LogP contribution >= 0.6 is 11.3 Å². The Morgan fingerprint density at radius 1 is 1.60 bits per heavy atom. The molecule has 0 fully saturated rings. The summed E-state index contributed by atoms with van der Waals surface area (Å²) in [6, 6.07) is 1.89. The van der Waals surface area contributed by atoms with E-state index in [1.807, 2.05) is 11.4 Å². The zero-order valence-corrected chi connectivity index (χ0v) is 5.89. The van der Waals surface area contributed by atoms with E-state index in [0.717, 1.165) is 11.3 Å². The maximum atomic E-state index is 4.82. The molecule has 2 aromatic rings. The predicted molar refractivity (Wildman–Crippen MR) is 38.7 cm³/mol. The highest BCUT2D eigenvalue weighted by Gasteiger charge is 1.98. The summed E-state index contributed by atoms with van der Waals surface area (Å²) in [5.74, 6) is 0. The highest BCUT2D eigenvalue weighted by molar-refractivity contribution is 7.07. The van der Waals surface area contributed by atoms with E-state index in [4.69, 9.17) is 4.42 Å². The van der Waals surface area contributed by atoms with Gasteiger partial charge >= 0.3 is 0 Å². The standard InChI is InChI=1S/C7H4NOS/c1-2-10-4-6(1)7-3-9-5-8-7/h1,3-5H. The molecular weight excluding hydrogens is 146 g/mol. The zero-order valence-electron chi connectivity index (χ0n) is 5.07. The summed E-state index contributed by atoms with van der Waals surface area (Å²) in [5, 5.41) is 4.96. The molecular formula is C7H4NOS. The van der Waals surface area contributed by atoms with Crippen molar-refractivity contribution in [3.8, 4) is 11.3 Å². The van der Waals surface area contributed by atoms with Gasteiger partial charge in [0.2, 0.25) is 0 Å². The van der Waals surface area contributed by atoms with Gasteiger partial charge in [0.05, 0.1) is 0 Å². The van der Waals surface area contributed by atoms with E-state index in [-0.39, 0.29) is 0 Å². The number of hydrogen-bond donors (Lipinski definition) is 0. The monoisotopic (exact) mass is 150 g/mol. The maximum absolute atomic E-state index is 4.82. The average molecular weight is 150 g/mol. The largest absolute Gasteiger partial charge is 0.451 e. The van der Waals surface area contributed by atoms with Crippen molar-refractivity contribution in [2.45, 2.75) is 0 Å². The maximum Gasteiger partial charge on any atom is 0.181 e. The van der Waals surface area contributed by atoms with Gasteiger partial charge in [-0.25, -0.2) is 4.98 Å². The third-order valence-electron chi connectivity index (χ3n) is 1.20. The minimum atomic E-state index is 0.873.